The number of esters is 1. The fourth-order valence-corrected chi connectivity index (χ4v) is 5.88. The minimum Gasteiger partial charge on any atom is -0.493 e. The molecule has 10 nitrogen and oxygen atoms in total. The Balaban J connectivity index is 1.46. The predicted molar refractivity (Wildman–Crippen MR) is 136 cm³/mol. The molecule has 192 valence electrons. The highest BCUT2D eigenvalue weighted by atomic mass is 32.2. The number of carbonyl (C=O) groups is 2. The molecule has 1 aliphatic rings. The van der Waals surface area contributed by atoms with E-state index in [4.69, 9.17) is 23.4 Å². The monoisotopic (exact) mass is 533 g/mol. The number of nitrogens with zero attached hydrogens (tertiary/aromatic N) is 2. The van der Waals surface area contributed by atoms with Crippen LogP contribution in [0.1, 0.15) is 40.1 Å². The average molecular weight is 534 g/mol. The number of thioether (sulfide) groups is 1. The number of nitrogens with one attached hydrogen (secondary N) is 1. The van der Waals surface area contributed by atoms with Crippen LogP contribution in [0.25, 0.3) is 11.5 Å². The van der Waals surface area contributed by atoms with Gasteiger partial charge >= 0.3 is 5.97 Å². The Morgan fingerprint density at radius 3 is 2.42 bits per heavy atom. The molecule has 3 aromatic rings. The summed E-state index contributed by atoms with van der Waals surface area (Å²) >= 11 is 2.55. The van der Waals surface area contributed by atoms with E-state index in [0.717, 1.165) is 54.3 Å². The summed E-state index contributed by atoms with van der Waals surface area (Å²) in [6.45, 7) is 0. The van der Waals surface area contributed by atoms with Crippen molar-refractivity contribution in [3.63, 3.8) is 0 Å². The first-order chi connectivity index (χ1) is 17.5. The third-order valence-corrected chi connectivity index (χ3v) is 7.73. The molecule has 1 aromatic carbocycles. The van der Waals surface area contributed by atoms with Gasteiger partial charge in [-0.05, 0) is 43.4 Å². The number of aryl methyl sites for hydroxylation is 1. The van der Waals surface area contributed by atoms with Gasteiger partial charge < -0.3 is 28.7 Å². The minimum atomic E-state index is -0.427. The number of anilines is 1. The molecule has 2 aromatic heterocycles. The fraction of sp³-hybridized carbons (Fsp3) is 0.417. The van der Waals surface area contributed by atoms with Crippen LogP contribution in [0, 0.1) is 0 Å². The van der Waals surface area contributed by atoms with Crippen molar-refractivity contribution in [2.45, 2.75) is 37.3 Å². The Morgan fingerprint density at radius 1 is 1.03 bits per heavy atom. The first kappa shape index (κ1) is 25.8. The average Bonchev–Trinajstić information content (AvgIpc) is 3.43. The van der Waals surface area contributed by atoms with Crippen molar-refractivity contribution in [1.29, 1.82) is 0 Å². The van der Waals surface area contributed by atoms with Crippen molar-refractivity contribution in [3.05, 3.63) is 28.1 Å². The van der Waals surface area contributed by atoms with Gasteiger partial charge in [0.1, 0.15) is 5.00 Å². The number of carbonyl (C=O) groups excluding carboxylic acids is 2. The van der Waals surface area contributed by atoms with E-state index in [-0.39, 0.29) is 22.8 Å². The van der Waals surface area contributed by atoms with Crippen molar-refractivity contribution in [3.8, 4) is 28.7 Å². The Labute approximate surface area is 216 Å². The Kier molecular flexibility index (Phi) is 8.36. The van der Waals surface area contributed by atoms with Gasteiger partial charge in [-0.15, -0.1) is 21.5 Å². The highest BCUT2D eigenvalue weighted by Crippen LogP contribution is 2.41. The summed E-state index contributed by atoms with van der Waals surface area (Å²) in [4.78, 5) is 26.3. The van der Waals surface area contributed by atoms with Gasteiger partial charge in [-0.3, -0.25) is 4.79 Å². The van der Waals surface area contributed by atoms with Gasteiger partial charge in [0, 0.05) is 10.4 Å². The highest BCUT2D eigenvalue weighted by molar-refractivity contribution is 7.99. The molecule has 4 rings (SSSR count). The lowest BCUT2D eigenvalue weighted by Crippen LogP contribution is -2.16. The number of hydrogen-bond acceptors (Lipinski definition) is 11. The van der Waals surface area contributed by atoms with Crippen LogP contribution in [-0.4, -0.2) is 56.3 Å². The van der Waals surface area contributed by atoms with E-state index >= 15 is 0 Å². The molecule has 36 heavy (non-hydrogen) atoms. The molecule has 0 spiro atoms. The molecule has 0 bridgehead atoms. The van der Waals surface area contributed by atoms with Crippen LogP contribution in [0.3, 0.4) is 0 Å². The molecule has 0 radical (unpaired) electrons. The largest absolute Gasteiger partial charge is 0.493 e. The summed E-state index contributed by atoms with van der Waals surface area (Å²) in [5.74, 6) is 0.918. The summed E-state index contributed by atoms with van der Waals surface area (Å²) in [6.07, 6.45) is 4.93. The van der Waals surface area contributed by atoms with Gasteiger partial charge in [-0.1, -0.05) is 18.2 Å². The van der Waals surface area contributed by atoms with E-state index in [9.17, 15) is 9.59 Å². The second kappa shape index (κ2) is 11.7. The molecule has 12 heteroatoms. The summed E-state index contributed by atoms with van der Waals surface area (Å²) < 4.78 is 26.8. The number of methoxy groups -OCH3 is 4. The summed E-state index contributed by atoms with van der Waals surface area (Å²) in [6, 6.07) is 3.40. The van der Waals surface area contributed by atoms with E-state index in [1.54, 1.807) is 12.1 Å². The number of ether oxygens (including phenoxy) is 4. The van der Waals surface area contributed by atoms with E-state index in [1.807, 2.05) is 0 Å². The first-order valence-corrected chi connectivity index (χ1v) is 13.1. The number of aromatic nitrogens is 2. The minimum absolute atomic E-state index is 0.0278. The van der Waals surface area contributed by atoms with Crippen molar-refractivity contribution in [2.75, 3.05) is 39.5 Å². The maximum absolute atomic E-state index is 12.7. The van der Waals surface area contributed by atoms with Gasteiger partial charge in [0.2, 0.25) is 17.5 Å². The van der Waals surface area contributed by atoms with E-state index in [1.165, 1.54) is 39.8 Å². The van der Waals surface area contributed by atoms with Crippen LogP contribution >= 0.6 is 23.1 Å². The van der Waals surface area contributed by atoms with Crippen LogP contribution in [0.5, 0.6) is 17.2 Å². The topological polar surface area (TPSA) is 122 Å². The highest BCUT2D eigenvalue weighted by Gasteiger charge is 2.26. The zero-order valence-corrected chi connectivity index (χ0v) is 22.1. The standard InChI is InChI=1S/C24H27N3O7S2/c1-30-15-10-13(11-16(31-2)20(15)32-3)21-26-27-24(34-21)35-12-18(28)25-22-19(23(29)33-4)14-8-6-5-7-9-17(14)36-22/h10-11H,5-9,12H2,1-4H3,(H,25,28). The molecule has 0 fully saturated rings. The predicted octanol–water partition coefficient (Wildman–Crippen LogP) is 4.61. The van der Waals surface area contributed by atoms with Gasteiger partial charge in [0.05, 0.1) is 39.8 Å². The number of hydrogen-bond donors (Lipinski definition) is 1. The maximum Gasteiger partial charge on any atom is 0.341 e. The van der Waals surface area contributed by atoms with Crippen LogP contribution < -0.4 is 19.5 Å². The van der Waals surface area contributed by atoms with Crippen molar-refractivity contribution >= 4 is 40.0 Å². The maximum atomic E-state index is 12.7. The molecule has 1 amide bonds. The molecule has 0 aliphatic heterocycles. The van der Waals surface area contributed by atoms with Crippen LogP contribution in [0.2, 0.25) is 0 Å². The van der Waals surface area contributed by atoms with Gasteiger partial charge in [-0.2, -0.15) is 0 Å². The number of amides is 1. The Hall–Kier alpha value is -3.25. The van der Waals surface area contributed by atoms with E-state index < -0.39 is 5.97 Å². The molecule has 0 saturated heterocycles. The van der Waals surface area contributed by atoms with Crippen molar-refractivity contribution in [1.82, 2.24) is 10.2 Å². The van der Waals surface area contributed by atoms with Gasteiger partial charge in [0.25, 0.3) is 5.22 Å². The summed E-state index contributed by atoms with van der Waals surface area (Å²) in [7, 11) is 5.91. The fourth-order valence-electron chi connectivity index (χ4n) is 4.03. The normalized spacial score (nSPS) is 12.9. The van der Waals surface area contributed by atoms with Crippen molar-refractivity contribution < 1.29 is 33.0 Å². The zero-order chi connectivity index (χ0) is 25.7. The van der Waals surface area contributed by atoms with Gasteiger partial charge in [0.15, 0.2) is 11.5 Å². The Morgan fingerprint density at radius 2 is 1.75 bits per heavy atom. The van der Waals surface area contributed by atoms with Crippen molar-refractivity contribution in [2.24, 2.45) is 0 Å². The van der Waals surface area contributed by atoms with E-state index in [0.29, 0.717) is 33.4 Å². The smallest absolute Gasteiger partial charge is 0.341 e. The molecule has 1 aliphatic carbocycles. The lowest BCUT2D eigenvalue weighted by atomic mass is 10.1. The molecular formula is C24H27N3O7S2. The molecule has 0 atom stereocenters. The number of thiophene rings is 1. The zero-order valence-electron chi connectivity index (χ0n) is 20.5. The molecule has 1 N–H and O–H groups in total. The number of rotatable bonds is 9. The second-order valence-electron chi connectivity index (χ2n) is 7.88. The van der Waals surface area contributed by atoms with Crippen LogP contribution in [0.4, 0.5) is 5.00 Å². The van der Waals surface area contributed by atoms with Crippen LogP contribution in [0.15, 0.2) is 21.8 Å². The molecule has 0 saturated carbocycles. The Bertz CT molecular complexity index is 1230. The lowest BCUT2D eigenvalue weighted by Gasteiger charge is -2.12. The molecular weight excluding hydrogens is 506 g/mol. The summed E-state index contributed by atoms with van der Waals surface area (Å²) in [5, 5.41) is 11.7. The first-order valence-electron chi connectivity index (χ1n) is 11.3. The summed E-state index contributed by atoms with van der Waals surface area (Å²) in [5.41, 5.74) is 2.05. The number of fused-ring (bicyclic) bond motifs is 1. The van der Waals surface area contributed by atoms with Gasteiger partial charge in [-0.25, -0.2) is 4.79 Å². The molecule has 0 unspecified atom stereocenters. The lowest BCUT2D eigenvalue weighted by molar-refractivity contribution is -0.113. The quantitative estimate of drug-likeness (QED) is 0.237. The SMILES string of the molecule is COC(=O)c1c(NC(=O)CSc2nnc(-c3cc(OC)c(OC)c(OC)c3)o2)sc2c1CCCCC2. The molecule has 2 heterocycles. The number of benzene rings is 1. The third-order valence-electron chi connectivity index (χ3n) is 5.71. The second-order valence-corrected chi connectivity index (χ2v) is 9.92. The van der Waals surface area contributed by atoms with E-state index in [2.05, 4.69) is 15.5 Å². The third kappa shape index (κ3) is 5.44. The van der Waals surface area contributed by atoms with Crippen LogP contribution in [-0.2, 0) is 22.4 Å².